The molecular weight excluding hydrogens is 262 g/mol. The largest absolute Gasteiger partial charge is 0.383 e. The minimum atomic E-state index is -0.358. The van der Waals surface area contributed by atoms with Crippen LogP contribution in [-0.4, -0.2) is 28.5 Å². The van der Waals surface area contributed by atoms with E-state index in [1.807, 2.05) is 0 Å². The van der Waals surface area contributed by atoms with Crippen molar-refractivity contribution in [3.63, 3.8) is 0 Å². The van der Waals surface area contributed by atoms with Crippen molar-refractivity contribution < 1.29 is 4.79 Å². The number of anilines is 2. The van der Waals surface area contributed by atoms with Gasteiger partial charge in [0.15, 0.2) is 0 Å². The van der Waals surface area contributed by atoms with Gasteiger partial charge >= 0.3 is 0 Å². The standard InChI is InChI=1S/C8H10BrN5O/c9-5-3-6(10)13-8(12-5)14-2-1-4(14)7(11)15/h3-4H,1-2H2,(H2,11,15)(H2,10,12,13). The van der Waals surface area contributed by atoms with E-state index in [1.165, 1.54) is 0 Å². The van der Waals surface area contributed by atoms with Gasteiger partial charge in [0.25, 0.3) is 0 Å². The van der Waals surface area contributed by atoms with Crippen LogP contribution in [0.4, 0.5) is 11.8 Å². The van der Waals surface area contributed by atoms with Crippen LogP contribution >= 0.6 is 15.9 Å². The maximum atomic E-state index is 11.0. The Labute approximate surface area is 94.8 Å². The summed E-state index contributed by atoms with van der Waals surface area (Å²) >= 11 is 3.22. The van der Waals surface area contributed by atoms with Crippen molar-refractivity contribution in [1.29, 1.82) is 0 Å². The summed E-state index contributed by atoms with van der Waals surface area (Å²) in [4.78, 5) is 20.9. The van der Waals surface area contributed by atoms with E-state index in [0.717, 1.165) is 13.0 Å². The van der Waals surface area contributed by atoms with Crippen LogP contribution in [-0.2, 0) is 4.79 Å². The summed E-state index contributed by atoms with van der Waals surface area (Å²) in [5.41, 5.74) is 10.8. The highest BCUT2D eigenvalue weighted by molar-refractivity contribution is 9.10. The molecule has 1 aromatic rings. The number of amides is 1. The highest BCUT2D eigenvalue weighted by Gasteiger charge is 2.34. The van der Waals surface area contributed by atoms with E-state index >= 15 is 0 Å². The number of rotatable bonds is 2. The third-order valence-corrected chi connectivity index (χ3v) is 2.71. The van der Waals surface area contributed by atoms with E-state index in [9.17, 15) is 4.79 Å². The number of nitrogen functional groups attached to an aromatic ring is 1. The minimum Gasteiger partial charge on any atom is -0.383 e. The van der Waals surface area contributed by atoms with Gasteiger partial charge < -0.3 is 16.4 Å². The molecule has 1 unspecified atom stereocenters. The molecule has 1 atom stereocenters. The van der Waals surface area contributed by atoms with Crippen molar-refractivity contribution in [3.05, 3.63) is 10.7 Å². The molecule has 2 rings (SSSR count). The molecule has 4 N–H and O–H groups in total. The summed E-state index contributed by atoms with van der Waals surface area (Å²) in [5.74, 6) is 0.447. The lowest BCUT2D eigenvalue weighted by atomic mass is 10.0. The second-order valence-corrected chi connectivity index (χ2v) is 4.13. The Morgan fingerprint density at radius 1 is 1.60 bits per heavy atom. The van der Waals surface area contributed by atoms with E-state index in [-0.39, 0.29) is 11.9 Å². The molecule has 1 aliphatic rings. The molecule has 0 saturated carbocycles. The number of carbonyl (C=O) groups excluding carboxylic acids is 1. The Morgan fingerprint density at radius 3 is 2.80 bits per heavy atom. The van der Waals surface area contributed by atoms with E-state index < -0.39 is 0 Å². The molecule has 0 bridgehead atoms. The zero-order valence-electron chi connectivity index (χ0n) is 7.85. The zero-order valence-corrected chi connectivity index (χ0v) is 9.44. The smallest absolute Gasteiger partial charge is 0.240 e. The van der Waals surface area contributed by atoms with Gasteiger partial charge in [-0.25, -0.2) is 4.98 Å². The topological polar surface area (TPSA) is 98.1 Å². The minimum absolute atomic E-state index is 0.307. The SMILES string of the molecule is NC(=O)C1CCN1c1nc(N)cc(Br)n1. The summed E-state index contributed by atoms with van der Waals surface area (Å²) in [6.07, 6.45) is 0.741. The molecule has 0 spiro atoms. The number of halogens is 1. The molecule has 0 aromatic carbocycles. The number of hydrogen-bond acceptors (Lipinski definition) is 5. The van der Waals surface area contributed by atoms with Crippen LogP contribution in [0.15, 0.2) is 10.7 Å². The van der Waals surface area contributed by atoms with Crippen molar-refractivity contribution in [2.75, 3.05) is 17.2 Å². The summed E-state index contributed by atoms with van der Waals surface area (Å²) in [6, 6.07) is 1.29. The first kappa shape index (κ1) is 10.2. The van der Waals surface area contributed by atoms with Gasteiger partial charge in [-0.15, -0.1) is 0 Å². The summed E-state index contributed by atoms with van der Waals surface area (Å²) in [5, 5.41) is 0. The second-order valence-electron chi connectivity index (χ2n) is 3.32. The fourth-order valence-electron chi connectivity index (χ4n) is 1.47. The van der Waals surface area contributed by atoms with Gasteiger partial charge in [-0.1, -0.05) is 0 Å². The Hall–Kier alpha value is -1.37. The maximum absolute atomic E-state index is 11.0. The van der Waals surface area contributed by atoms with Crippen molar-refractivity contribution in [1.82, 2.24) is 9.97 Å². The third kappa shape index (κ3) is 1.87. The van der Waals surface area contributed by atoms with Crippen LogP contribution < -0.4 is 16.4 Å². The van der Waals surface area contributed by atoms with E-state index in [2.05, 4.69) is 25.9 Å². The number of nitrogens with two attached hydrogens (primary N) is 2. The number of aromatic nitrogens is 2. The monoisotopic (exact) mass is 271 g/mol. The average molecular weight is 272 g/mol. The van der Waals surface area contributed by atoms with Gasteiger partial charge in [0, 0.05) is 12.6 Å². The molecule has 1 saturated heterocycles. The Kier molecular flexibility index (Phi) is 2.47. The lowest BCUT2D eigenvalue weighted by Gasteiger charge is -2.38. The molecule has 0 aliphatic carbocycles. The third-order valence-electron chi connectivity index (χ3n) is 2.31. The quantitative estimate of drug-likeness (QED) is 0.732. The summed E-state index contributed by atoms with van der Waals surface area (Å²) in [6.45, 7) is 0.726. The van der Waals surface area contributed by atoms with Gasteiger partial charge in [-0.3, -0.25) is 4.79 Å². The lowest BCUT2D eigenvalue weighted by Crippen LogP contribution is -2.55. The van der Waals surface area contributed by atoms with E-state index in [0.29, 0.717) is 16.4 Å². The molecule has 6 nitrogen and oxygen atoms in total. The fraction of sp³-hybridized carbons (Fsp3) is 0.375. The van der Waals surface area contributed by atoms with Crippen LogP contribution in [0.2, 0.25) is 0 Å². The second kappa shape index (κ2) is 3.65. The van der Waals surface area contributed by atoms with Crippen molar-refractivity contribution >= 4 is 33.6 Å². The first-order valence-electron chi connectivity index (χ1n) is 4.44. The highest BCUT2D eigenvalue weighted by atomic mass is 79.9. The Bertz CT molecular complexity index is 390. The summed E-state index contributed by atoms with van der Waals surface area (Å²) < 4.78 is 0.597. The molecule has 1 amide bonds. The number of nitrogens with zero attached hydrogens (tertiary/aromatic N) is 3. The van der Waals surface area contributed by atoms with Gasteiger partial charge in [0.05, 0.1) is 0 Å². The van der Waals surface area contributed by atoms with Crippen LogP contribution in [0.1, 0.15) is 6.42 Å². The molecule has 7 heteroatoms. The number of hydrogen-bond donors (Lipinski definition) is 2. The van der Waals surface area contributed by atoms with E-state index in [4.69, 9.17) is 11.5 Å². The van der Waals surface area contributed by atoms with Crippen LogP contribution in [0.25, 0.3) is 0 Å². The Morgan fingerprint density at radius 2 is 2.33 bits per heavy atom. The molecule has 2 heterocycles. The fourth-order valence-corrected chi connectivity index (χ4v) is 1.87. The number of primary amides is 1. The normalized spacial score (nSPS) is 19.8. The first-order valence-corrected chi connectivity index (χ1v) is 5.23. The van der Waals surface area contributed by atoms with Crippen molar-refractivity contribution in [3.8, 4) is 0 Å². The van der Waals surface area contributed by atoms with Gasteiger partial charge in [-0.05, 0) is 22.4 Å². The highest BCUT2D eigenvalue weighted by Crippen LogP contribution is 2.25. The molecule has 1 fully saturated rings. The molecule has 1 aliphatic heterocycles. The average Bonchev–Trinajstić information content (AvgIpc) is 1.97. The molecule has 80 valence electrons. The molecule has 0 radical (unpaired) electrons. The van der Waals surface area contributed by atoms with Gasteiger partial charge in [0.2, 0.25) is 11.9 Å². The lowest BCUT2D eigenvalue weighted by molar-refractivity contribution is -0.120. The van der Waals surface area contributed by atoms with Crippen LogP contribution in [0.5, 0.6) is 0 Å². The maximum Gasteiger partial charge on any atom is 0.240 e. The predicted molar refractivity (Wildman–Crippen MR) is 59.1 cm³/mol. The zero-order chi connectivity index (χ0) is 11.0. The van der Waals surface area contributed by atoms with Crippen molar-refractivity contribution in [2.45, 2.75) is 12.5 Å². The van der Waals surface area contributed by atoms with Gasteiger partial charge in [-0.2, -0.15) is 4.98 Å². The first-order chi connectivity index (χ1) is 7.08. The van der Waals surface area contributed by atoms with Crippen molar-refractivity contribution in [2.24, 2.45) is 5.73 Å². The number of carbonyl (C=O) groups is 1. The molecule has 15 heavy (non-hydrogen) atoms. The Balaban J connectivity index is 2.26. The molecule has 1 aromatic heterocycles. The predicted octanol–water partition coefficient (Wildman–Crippen LogP) is -0.115. The van der Waals surface area contributed by atoms with Crippen LogP contribution in [0, 0.1) is 0 Å². The van der Waals surface area contributed by atoms with E-state index in [1.54, 1.807) is 11.0 Å². The van der Waals surface area contributed by atoms with Gasteiger partial charge in [0.1, 0.15) is 16.5 Å². The molecular formula is C8H10BrN5O. The summed E-state index contributed by atoms with van der Waals surface area (Å²) in [7, 11) is 0. The van der Waals surface area contributed by atoms with Crippen LogP contribution in [0.3, 0.4) is 0 Å².